The van der Waals surface area contributed by atoms with Gasteiger partial charge in [0.15, 0.2) is 5.65 Å². The van der Waals surface area contributed by atoms with E-state index in [4.69, 9.17) is 0 Å². The Hall–Kier alpha value is -2.40. The van der Waals surface area contributed by atoms with Crippen molar-refractivity contribution >= 4 is 11.5 Å². The van der Waals surface area contributed by atoms with E-state index in [9.17, 15) is 5.11 Å². The molecule has 2 N–H and O–H groups in total. The number of nitrogens with one attached hydrogen (secondary N) is 1. The molecule has 108 valence electrons. The predicted octanol–water partition coefficient (Wildman–Crippen LogP) is 2.49. The normalized spacial score (nSPS) is 12.5. The second-order valence-corrected chi connectivity index (χ2v) is 5.15. The molecule has 3 aromatic rings. The Bertz CT molecular complexity index is 752. The molecular weight excluding hydrogens is 264 g/mol. The number of rotatable bonds is 4. The fraction of sp³-hybridized carbons (Fsp3) is 0.250. The third-order valence-corrected chi connectivity index (χ3v) is 3.34. The highest BCUT2D eigenvalue weighted by Crippen LogP contribution is 2.16. The smallest absolute Gasteiger partial charge is 0.157 e. The predicted molar refractivity (Wildman–Crippen MR) is 82.4 cm³/mol. The van der Waals surface area contributed by atoms with Crippen LogP contribution in [0.5, 0.6) is 0 Å². The first-order chi connectivity index (χ1) is 10.1. The molecule has 0 saturated carbocycles. The Labute approximate surface area is 123 Å². The van der Waals surface area contributed by atoms with Crippen molar-refractivity contribution in [1.29, 1.82) is 0 Å². The lowest BCUT2D eigenvalue weighted by Gasteiger charge is -2.14. The maximum absolute atomic E-state index is 10.2. The Morgan fingerprint density at radius 3 is 2.67 bits per heavy atom. The molecule has 0 unspecified atom stereocenters. The highest BCUT2D eigenvalue weighted by atomic mass is 16.3. The molecule has 2 heterocycles. The average molecular weight is 282 g/mol. The third kappa shape index (κ3) is 2.87. The van der Waals surface area contributed by atoms with Gasteiger partial charge in [0.25, 0.3) is 0 Å². The SMILES string of the molecule is Cc1cc(NC[C@H](O)c2ccccc2)n2nc(C)cc2n1. The molecule has 21 heavy (non-hydrogen) atoms. The van der Waals surface area contributed by atoms with Crippen LogP contribution in [0.15, 0.2) is 42.5 Å². The number of fused-ring (bicyclic) bond motifs is 1. The topological polar surface area (TPSA) is 62.5 Å². The van der Waals surface area contributed by atoms with E-state index >= 15 is 0 Å². The number of aliphatic hydroxyl groups excluding tert-OH is 1. The molecule has 0 bridgehead atoms. The minimum atomic E-state index is -0.564. The van der Waals surface area contributed by atoms with Crippen LogP contribution in [0.25, 0.3) is 5.65 Å². The van der Waals surface area contributed by atoms with Crippen molar-refractivity contribution in [2.24, 2.45) is 0 Å². The van der Waals surface area contributed by atoms with Gasteiger partial charge in [-0.25, -0.2) is 4.98 Å². The first kappa shape index (κ1) is 13.6. The summed E-state index contributed by atoms with van der Waals surface area (Å²) in [5.74, 6) is 0.834. The number of aryl methyl sites for hydroxylation is 2. The molecular formula is C16H18N4O. The van der Waals surface area contributed by atoms with E-state index in [1.165, 1.54) is 0 Å². The molecule has 3 rings (SSSR count). The average Bonchev–Trinajstić information content (AvgIpc) is 2.85. The molecule has 5 heteroatoms. The number of anilines is 1. The van der Waals surface area contributed by atoms with Crippen molar-refractivity contribution in [2.45, 2.75) is 20.0 Å². The van der Waals surface area contributed by atoms with Crippen LogP contribution in [0.2, 0.25) is 0 Å². The first-order valence-electron chi connectivity index (χ1n) is 6.94. The second kappa shape index (κ2) is 5.54. The van der Waals surface area contributed by atoms with Crippen molar-refractivity contribution in [1.82, 2.24) is 14.6 Å². The fourth-order valence-corrected chi connectivity index (χ4v) is 2.33. The molecule has 1 aromatic carbocycles. The number of nitrogens with zero attached hydrogens (tertiary/aromatic N) is 3. The number of aliphatic hydroxyl groups is 1. The molecule has 0 radical (unpaired) electrons. The zero-order valence-electron chi connectivity index (χ0n) is 12.1. The fourth-order valence-electron chi connectivity index (χ4n) is 2.33. The summed E-state index contributed by atoms with van der Waals surface area (Å²) in [5.41, 5.74) is 3.53. The van der Waals surface area contributed by atoms with Crippen molar-refractivity contribution in [3.63, 3.8) is 0 Å². The van der Waals surface area contributed by atoms with E-state index in [1.807, 2.05) is 56.3 Å². The van der Waals surface area contributed by atoms with Crippen LogP contribution >= 0.6 is 0 Å². The van der Waals surface area contributed by atoms with Gasteiger partial charge in [-0.05, 0) is 19.4 Å². The monoisotopic (exact) mass is 282 g/mol. The van der Waals surface area contributed by atoms with Gasteiger partial charge in [-0.1, -0.05) is 30.3 Å². The third-order valence-electron chi connectivity index (χ3n) is 3.34. The van der Waals surface area contributed by atoms with Crippen molar-refractivity contribution in [3.05, 3.63) is 59.4 Å². The molecule has 5 nitrogen and oxygen atoms in total. The van der Waals surface area contributed by atoms with Gasteiger partial charge in [0.1, 0.15) is 5.82 Å². The van der Waals surface area contributed by atoms with Gasteiger partial charge in [-0.2, -0.15) is 9.61 Å². The minimum absolute atomic E-state index is 0.418. The zero-order chi connectivity index (χ0) is 14.8. The molecule has 0 spiro atoms. The highest BCUT2D eigenvalue weighted by molar-refractivity contribution is 5.50. The number of aromatic nitrogens is 3. The molecule has 0 aliphatic carbocycles. The Morgan fingerprint density at radius 1 is 1.14 bits per heavy atom. The molecule has 0 amide bonds. The van der Waals surface area contributed by atoms with E-state index in [-0.39, 0.29) is 0 Å². The Morgan fingerprint density at radius 2 is 1.90 bits per heavy atom. The summed E-state index contributed by atoms with van der Waals surface area (Å²) in [6, 6.07) is 13.5. The van der Waals surface area contributed by atoms with Crippen LogP contribution in [-0.4, -0.2) is 26.2 Å². The number of hydrogen-bond acceptors (Lipinski definition) is 4. The Kier molecular flexibility index (Phi) is 3.58. The van der Waals surface area contributed by atoms with E-state index in [1.54, 1.807) is 4.52 Å². The Balaban J connectivity index is 1.82. The van der Waals surface area contributed by atoms with Gasteiger partial charge >= 0.3 is 0 Å². The van der Waals surface area contributed by atoms with Crippen LogP contribution in [0.1, 0.15) is 23.1 Å². The molecule has 0 aliphatic heterocycles. The minimum Gasteiger partial charge on any atom is -0.387 e. The van der Waals surface area contributed by atoms with Crippen LogP contribution in [0.4, 0.5) is 5.82 Å². The molecule has 0 saturated heterocycles. The molecule has 2 aromatic heterocycles. The van der Waals surface area contributed by atoms with Crippen molar-refractivity contribution in [3.8, 4) is 0 Å². The van der Waals surface area contributed by atoms with Crippen LogP contribution < -0.4 is 5.32 Å². The van der Waals surface area contributed by atoms with E-state index in [0.717, 1.165) is 28.4 Å². The van der Waals surface area contributed by atoms with Gasteiger partial charge in [0, 0.05) is 24.4 Å². The largest absolute Gasteiger partial charge is 0.387 e. The standard InChI is InChI=1S/C16H18N4O/c1-11-8-15(20-16(18-11)9-12(2)19-20)17-10-14(21)13-6-4-3-5-7-13/h3-9,14,17,21H,10H2,1-2H3/t14-/m0/s1. The lowest BCUT2D eigenvalue weighted by molar-refractivity contribution is 0.191. The maximum atomic E-state index is 10.2. The van der Waals surface area contributed by atoms with Gasteiger partial charge in [0.2, 0.25) is 0 Å². The van der Waals surface area contributed by atoms with Crippen molar-refractivity contribution in [2.75, 3.05) is 11.9 Å². The molecule has 0 fully saturated rings. The van der Waals surface area contributed by atoms with Crippen LogP contribution in [-0.2, 0) is 0 Å². The lowest BCUT2D eigenvalue weighted by Crippen LogP contribution is -2.15. The number of hydrogen-bond donors (Lipinski definition) is 2. The van der Waals surface area contributed by atoms with Gasteiger partial charge in [-0.3, -0.25) is 0 Å². The molecule has 0 aliphatic rings. The zero-order valence-corrected chi connectivity index (χ0v) is 12.1. The summed E-state index contributed by atoms with van der Waals surface area (Å²) in [6.07, 6.45) is -0.564. The van der Waals surface area contributed by atoms with E-state index in [2.05, 4.69) is 15.4 Å². The van der Waals surface area contributed by atoms with E-state index in [0.29, 0.717) is 6.54 Å². The second-order valence-electron chi connectivity index (χ2n) is 5.15. The summed E-state index contributed by atoms with van der Waals surface area (Å²) in [6.45, 7) is 4.30. The van der Waals surface area contributed by atoms with Crippen LogP contribution in [0.3, 0.4) is 0 Å². The molecule has 1 atom stereocenters. The van der Waals surface area contributed by atoms with Gasteiger partial charge in [-0.15, -0.1) is 0 Å². The summed E-state index contributed by atoms with van der Waals surface area (Å²) in [5, 5.41) is 17.9. The quantitative estimate of drug-likeness (QED) is 0.771. The maximum Gasteiger partial charge on any atom is 0.157 e. The van der Waals surface area contributed by atoms with Gasteiger partial charge < -0.3 is 10.4 Å². The summed E-state index contributed by atoms with van der Waals surface area (Å²) in [7, 11) is 0. The van der Waals surface area contributed by atoms with Crippen LogP contribution in [0, 0.1) is 13.8 Å². The van der Waals surface area contributed by atoms with E-state index < -0.39 is 6.10 Å². The summed E-state index contributed by atoms with van der Waals surface area (Å²) >= 11 is 0. The highest BCUT2D eigenvalue weighted by Gasteiger charge is 2.10. The van der Waals surface area contributed by atoms with Gasteiger partial charge in [0.05, 0.1) is 11.8 Å². The lowest BCUT2D eigenvalue weighted by atomic mass is 10.1. The first-order valence-corrected chi connectivity index (χ1v) is 6.94. The number of benzene rings is 1. The summed E-state index contributed by atoms with van der Waals surface area (Å²) in [4.78, 5) is 4.44. The summed E-state index contributed by atoms with van der Waals surface area (Å²) < 4.78 is 1.76. The van der Waals surface area contributed by atoms with Crippen molar-refractivity contribution < 1.29 is 5.11 Å².